The van der Waals surface area contributed by atoms with Gasteiger partial charge in [-0.05, 0) is 0 Å². The Morgan fingerprint density at radius 3 is 1.52 bits per heavy atom. The van der Waals surface area contributed by atoms with E-state index < -0.39 is 24.5 Å². The highest BCUT2D eigenvalue weighted by Crippen LogP contribution is 2.14. The predicted molar refractivity (Wildman–Crippen MR) is 75.1 cm³/mol. The lowest BCUT2D eigenvalue weighted by atomic mass is 10.6. The molecule has 0 atom stereocenters. The summed E-state index contributed by atoms with van der Waals surface area (Å²) >= 11 is 0. The summed E-state index contributed by atoms with van der Waals surface area (Å²) in [6.07, 6.45) is 4.50. The van der Waals surface area contributed by atoms with E-state index in [1.54, 1.807) is 0 Å². The van der Waals surface area contributed by atoms with Crippen molar-refractivity contribution in [3.8, 4) is 0 Å². The van der Waals surface area contributed by atoms with Crippen LogP contribution in [0.15, 0.2) is 0 Å². The van der Waals surface area contributed by atoms with Crippen LogP contribution < -0.4 is 0 Å². The van der Waals surface area contributed by atoms with Crippen molar-refractivity contribution in [3.05, 3.63) is 0 Å². The summed E-state index contributed by atoms with van der Waals surface area (Å²) in [5.41, 5.74) is 0. The van der Waals surface area contributed by atoms with Crippen molar-refractivity contribution in [3.63, 3.8) is 0 Å². The molecule has 0 aromatic heterocycles. The Kier molecular flexibility index (Phi) is 18.7. The van der Waals surface area contributed by atoms with Crippen molar-refractivity contribution in [1.29, 1.82) is 0 Å². The van der Waals surface area contributed by atoms with Crippen LogP contribution in [0.5, 0.6) is 0 Å². The van der Waals surface area contributed by atoms with E-state index in [-0.39, 0.29) is 39.6 Å². The number of rotatable bonds is 4. The van der Waals surface area contributed by atoms with Gasteiger partial charge in [0.25, 0.3) is 0 Å². The largest absolute Gasteiger partial charge is 0.462 e. The van der Waals surface area contributed by atoms with Crippen LogP contribution in [0, 0.1) is 0 Å². The van der Waals surface area contributed by atoms with E-state index in [0.29, 0.717) is 0 Å². The summed E-state index contributed by atoms with van der Waals surface area (Å²) < 4.78 is 12.8. The number of carbonyl (C=O) groups excluding carboxylic acids is 3. The zero-order valence-electron chi connectivity index (χ0n) is 12.8. The molecule has 0 amide bonds. The Hall–Kier alpha value is -1.75. The normalized spacial score (nSPS) is 14.3. The molecule has 0 aromatic carbocycles. The molecule has 1 aliphatic heterocycles. The number of ether oxygens (including phenoxy) is 3. The van der Waals surface area contributed by atoms with Crippen LogP contribution >= 0.6 is 0 Å². The molecule has 2 fully saturated rings. The standard InChI is InChI=1S/C4H4O4.C4H8O4.C3H6.C2H6O2/c5-3-1-7-4(6)2-8-3;5-1-2-8-4(7)3-6;1-2-3-1;3-1-2-4/h1-2H2;5-6H,1-3H2;1-3H2;3-4H,1-2H2. The van der Waals surface area contributed by atoms with E-state index in [1.165, 1.54) is 19.3 Å². The molecule has 0 spiro atoms. The third-order valence-electron chi connectivity index (χ3n) is 1.64. The number of carbonyl (C=O) groups is 3. The van der Waals surface area contributed by atoms with Crippen LogP contribution in [0.3, 0.4) is 0 Å². The van der Waals surface area contributed by atoms with Crippen LogP contribution in [-0.2, 0) is 28.6 Å². The third kappa shape index (κ3) is 25.5. The second-order valence-corrected chi connectivity index (χ2v) is 3.93. The number of esters is 3. The summed E-state index contributed by atoms with van der Waals surface area (Å²) in [5, 5.41) is 31.3. The second-order valence-electron chi connectivity index (χ2n) is 3.93. The van der Waals surface area contributed by atoms with E-state index in [9.17, 15) is 14.4 Å². The van der Waals surface area contributed by atoms with Crippen molar-refractivity contribution < 1.29 is 49.0 Å². The monoisotopic (exact) mass is 340 g/mol. The minimum atomic E-state index is -0.709. The molecule has 10 nitrogen and oxygen atoms in total. The topological polar surface area (TPSA) is 160 Å². The molecule has 10 heteroatoms. The summed E-state index contributed by atoms with van der Waals surface area (Å²) in [7, 11) is 0. The maximum Gasteiger partial charge on any atom is 0.344 e. The Balaban J connectivity index is 0. The lowest BCUT2D eigenvalue weighted by Gasteiger charge is -2.09. The first-order valence-corrected chi connectivity index (χ1v) is 6.92. The first kappa shape index (κ1) is 23.5. The van der Waals surface area contributed by atoms with Gasteiger partial charge in [0.05, 0.1) is 19.8 Å². The van der Waals surface area contributed by atoms with Crippen LogP contribution in [0.2, 0.25) is 0 Å². The molecule has 1 aliphatic carbocycles. The molecular weight excluding hydrogens is 316 g/mol. The molecule has 136 valence electrons. The van der Waals surface area contributed by atoms with Crippen molar-refractivity contribution in [1.82, 2.24) is 0 Å². The summed E-state index contributed by atoms with van der Waals surface area (Å²) in [6.45, 7) is -1.59. The molecule has 2 aliphatic rings. The van der Waals surface area contributed by atoms with Gasteiger partial charge in [-0.1, -0.05) is 19.3 Å². The van der Waals surface area contributed by atoms with Gasteiger partial charge in [0.15, 0.2) is 13.2 Å². The highest BCUT2D eigenvalue weighted by atomic mass is 16.6. The van der Waals surface area contributed by atoms with Gasteiger partial charge in [-0.15, -0.1) is 0 Å². The summed E-state index contributed by atoms with van der Waals surface area (Å²) in [5.74, 6) is -1.67. The van der Waals surface area contributed by atoms with E-state index in [1.807, 2.05) is 0 Å². The number of aliphatic hydroxyl groups excluding tert-OH is 4. The lowest BCUT2D eigenvalue weighted by molar-refractivity contribution is -0.174. The fourth-order valence-electron chi connectivity index (χ4n) is 0.567. The van der Waals surface area contributed by atoms with Crippen LogP contribution in [0.4, 0.5) is 0 Å². The molecule has 0 radical (unpaired) electrons. The maximum atomic E-state index is 10.1. The van der Waals surface area contributed by atoms with Gasteiger partial charge in [0.1, 0.15) is 13.2 Å². The summed E-state index contributed by atoms with van der Waals surface area (Å²) in [4.78, 5) is 30.2. The average Bonchev–Trinajstić information content (AvgIpc) is 3.45. The average molecular weight is 340 g/mol. The zero-order chi connectivity index (χ0) is 17.9. The minimum Gasteiger partial charge on any atom is -0.462 e. The van der Waals surface area contributed by atoms with Gasteiger partial charge < -0.3 is 34.6 Å². The van der Waals surface area contributed by atoms with Gasteiger partial charge in [0.2, 0.25) is 0 Å². The maximum absolute atomic E-state index is 10.1. The fraction of sp³-hybridized carbons (Fsp3) is 0.769. The van der Waals surface area contributed by atoms with Crippen LogP contribution in [0.1, 0.15) is 19.3 Å². The van der Waals surface area contributed by atoms with E-state index >= 15 is 0 Å². The number of hydrogen-bond acceptors (Lipinski definition) is 10. The second kappa shape index (κ2) is 18.3. The molecule has 1 heterocycles. The van der Waals surface area contributed by atoms with E-state index in [0.717, 1.165) is 0 Å². The smallest absolute Gasteiger partial charge is 0.344 e. The third-order valence-corrected chi connectivity index (χ3v) is 1.64. The molecule has 0 aromatic rings. The Morgan fingerprint density at radius 2 is 1.30 bits per heavy atom. The van der Waals surface area contributed by atoms with Gasteiger partial charge in [-0.2, -0.15) is 0 Å². The lowest BCUT2D eigenvalue weighted by Crippen LogP contribution is -2.27. The SMILES string of the molecule is C1CC1.O=C(CO)OCCO.O=C1COC(=O)CO1.OCCO. The van der Waals surface area contributed by atoms with Crippen molar-refractivity contribution in [2.75, 3.05) is 46.2 Å². The zero-order valence-corrected chi connectivity index (χ0v) is 12.8. The van der Waals surface area contributed by atoms with Gasteiger partial charge in [-0.3, -0.25) is 0 Å². The van der Waals surface area contributed by atoms with Crippen LogP contribution in [-0.4, -0.2) is 84.6 Å². The molecule has 23 heavy (non-hydrogen) atoms. The van der Waals surface area contributed by atoms with Crippen molar-refractivity contribution >= 4 is 17.9 Å². The molecule has 1 saturated heterocycles. The predicted octanol–water partition coefficient (Wildman–Crippen LogP) is -2.26. The molecule has 0 unspecified atom stereocenters. The van der Waals surface area contributed by atoms with Crippen LogP contribution in [0.25, 0.3) is 0 Å². The Bertz CT molecular complexity index is 283. The molecule has 2 rings (SSSR count). The highest BCUT2D eigenvalue weighted by Gasteiger charge is 2.16. The van der Waals surface area contributed by atoms with E-state index in [2.05, 4.69) is 14.2 Å². The first-order chi connectivity index (χ1) is 11.0. The molecule has 4 N–H and O–H groups in total. The molecule has 1 saturated carbocycles. The molecule has 0 bridgehead atoms. The van der Waals surface area contributed by atoms with Gasteiger partial charge in [0, 0.05) is 0 Å². The summed E-state index contributed by atoms with van der Waals surface area (Å²) in [6, 6.07) is 0. The number of cyclic esters (lactones) is 2. The quantitative estimate of drug-likeness (QED) is 0.325. The van der Waals surface area contributed by atoms with Crippen molar-refractivity contribution in [2.45, 2.75) is 19.3 Å². The fourth-order valence-corrected chi connectivity index (χ4v) is 0.567. The number of aliphatic hydroxyl groups is 4. The first-order valence-electron chi connectivity index (χ1n) is 6.92. The Labute approximate surface area is 133 Å². The van der Waals surface area contributed by atoms with E-state index in [4.69, 9.17) is 20.4 Å². The highest BCUT2D eigenvalue weighted by molar-refractivity contribution is 5.82. The van der Waals surface area contributed by atoms with Crippen molar-refractivity contribution in [2.24, 2.45) is 0 Å². The Morgan fingerprint density at radius 1 is 0.870 bits per heavy atom. The van der Waals surface area contributed by atoms with Gasteiger partial charge >= 0.3 is 17.9 Å². The molecular formula is C13H24O10. The van der Waals surface area contributed by atoms with Gasteiger partial charge in [-0.25, -0.2) is 14.4 Å². The minimum absolute atomic E-state index is 0.0423. The number of hydrogen-bond donors (Lipinski definition) is 4.